The normalized spacial score (nSPS) is 9.59. The molecule has 0 amide bonds. The van der Waals surface area contributed by atoms with Crippen molar-refractivity contribution in [3.05, 3.63) is 43.2 Å². The summed E-state index contributed by atoms with van der Waals surface area (Å²) in [5, 5.41) is 5.59. The van der Waals surface area contributed by atoms with Crippen LogP contribution in [0.4, 0.5) is 0 Å². The summed E-state index contributed by atoms with van der Waals surface area (Å²) in [5.41, 5.74) is 1.56. The summed E-state index contributed by atoms with van der Waals surface area (Å²) in [6.45, 7) is 19.5. The Balaban J connectivity index is -0.000000539. The molecular formula is C29H52S2Sn. The van der Waals surface area contributed by atoms with Crippen LogP contribution in [-0.4, -0.2) is 23.9 Å². The van der Waals surface area contributed by atoms with Crippen LogP contribution >= 0.6 is 22.7 Å². The smallest absolute Gasteiger partial charge is 0.0489 e. The maximum absolute atomic E-state index is 3.60. The number of unbranched alkanes of at least 4 members (excludes halogenated alkanes) is 11. The molecule has 0 N–H and O–H groups in total. The monoisotopic (exact) mass is 584 g/mol. The Labute approximate surface area is 228 Å². The minimum absolute atomic E-state index is 0. The van der Waals surface area contributed by atoms with Crippen LogP contribution in [0.2, 0.25) is 0 Å². The van der Waals surface area contributed by atoms with Crippen molar-refractivity contribution in [3.8, 4) is 0 Å². The molecule has 8 radical (unpaired) electrons. The van der Waals surface area contributed by atoms with E-state index in [4.69, 9.17) is 0 Å². The summed E-state index contributed by atoms with van der Waals surface area (Å²) >= 11 is 3.66. The van der Waals surface area contributed by atoms with Crippen molar-refractivity contribution < 1.29 is 0 Å². The molecule has 3 heteroatoms. The van der Waals surface area contributed by atoms with Crippen LogP contribution in [0.1, 0.15) is 130 Å². The molecule has 0 bridgehead atoms. The molecule has 0 nitrogen and oxygen atoms in total. The fraction of sp³-hybridized carbons (Fsp3) is 0.690. The van der Waals surface area contributed by atoms with Gasteiger partial charge in [-0.15, -0.1) is 22.7 Å². The van der Waals surface area contributed by atoms with Gasteiger partial charge in [0.15, 0.2) is 0 Å². The largest absolute Gasteiger partial charge is 0.143 e. The minimum Gasteiger partial charge on any atom is -0.143 e. The first-order chi connectivity index (χ1) is 15.2. The number of hydrogen-bond acceptors (Lipinski definition) is 2. The number of thiophene rings is 2. The molecular weight excluding hydrogens is 531 g/mol. The number of hydrogen-bond donors (Lipinski definition) is 0. The average Bonchev–Trinajstić information content (AvgIpc) is 3.43. The van der Waals surface area contributed by atoms with Gasteiger partial charge >= 0.3 is 0 Å². The van der Waals surface area contributed by atoms with E-state index in [-0.39, 0.29) is 23.9 Å². The van der Waals surface area contributed by atoms with Crippen LogP contribution in [0.5, 0.6) is 0 Å². The van der Waals surface area contributed by atoms with E-state index in [1.54, 1.807) is 16.9 Å². The fourth-order valence-corrected chi connectivity index (χ4v) is 4.59. The van der Waals surface area contributed by atoms with Gasteiger partial charge in [-0.05, 0) is 29.9 Å². The zero-order chi connectivity index (χ0) is 23.6. The van der Waals surface area contributed by atoms with Crippen LogP contribution in [0.25, 0.3) is 9.40 Å². The third-order valence-corrected chi connectivity index (χ3v) is 6.83. The van der Waals surface area contributed by atoms with Gasteiger partial charge in [-0.25, -0.2) is 0 Å². The van der Waals surface area contributed by atoms with Crippen molar-refractivity contribution in [2.75, 3.05) is 0 Å². The topological polar surface area (TPSA) is 0 Å². The summed E-state index contributed by atoms with van der Waals surface area (Å²) in [7, 11) is 0. The minimum atomic E-state index is 0. The first kappa shape index (κ1) is 37.0. The predicted octanol–water partition coefficient (Wildman–Crippen LogP) is 11.3. The van der Waals surface area contributed by atoms with Gasteiger partial charge in [0.1, 0.15) is 0 Å². The van der Waals surface area contributed by atoms with Gasteiger partial charge in [-0.2, -0.15) is 0 Å². The molecule has 0 fully saturated rings. The molecule has 0 spiro atoms. The predicted molar refractivity (Wildman–Crippen MR) is 156 cm³/mol. The second kappa shape index (κ2) is 31.5. The first-order valence-electron chi connectivity index (χ1n) is 12.9. The van der Waals surface area contributed by atoms with Gasteiger partial charge < -0.3 is 0 Å². The Hall–Kier alpha value is 0.459. The molecule has 2 aromatic heterocycles. The SMILES string of the molecule is CCCCCCCCCCCc1csc2c[c]sc12.[CH2]CCC.[CH2]CCC.[CH2]CCC.[Sn]. The number of aryl methyl sites for hydroxylation is 1. The second-order valence-electron chi connectivity index (χ2n) is 7.96. The van der Waals surface area contributed by atoms with Gasteiger partial charge in [0.05, 0.1) is 0 Å². The molecule has 0 aliphatic rings. The van der Waals surface area contributed by atoms with Crippen LogP contribution in [0.15, 0.2) is 11.4 Å². The van der Waals surface area contributed by atoms with Gasteiger partial charge in [0.25, 0.3) is 0 Å². The van der Waals surface area contributed by atoms with E-state index >= 15 is 0 Å². The van der Waals surface area contributed by atoms with Crippen LogP contribution in [-0.2, 0) is 6.42 Å². The summed E-state index contributed by atoms with van der Waals surface area (Å²) in [4.78, 5) is 0. The van der Waals surface area contributed by atoms with Gasteiger partial charge in [-0.3, -0.25) is 0 Å². The van der Waals surface area contributed by atoms with Crippen LogP contribution < -0.4 is 0 Å². The van der Waals surface area contributed by atoms with Crippen LogP contribution in [0.3, 0.4) is 0 Å². The maximum Gasteiger partial charge on any atom is 0.0489 e. The van der Waals surface area contributed by atoms with Crippen molar-refractivity contribution in [2.45, 2.75) is 130 Å². The molecule has 0 unspecified atom stereocenters. The molecule has 2 rings (SSSR count). The molecule has 0 atom stereocenters. The Morgan fingerprint density at radius 3 is 1.56 bits per heavy atom. The van der Waals surface area contributed by atoms with Crippen molar-refractivity contribution in [1.82, 2.24) is 0 Å². The fourth-order valence-electron chi connectivity index (χ4n) is 2.56. The molecule has 32 heavy (non-hydrogen) atoms. The summed E-state index contributed by atoms with van der Waals surface area (Å²) in [6, 6.07) is 2.13. The third-order valence-electron chi connectivity index (χ3n) is 4.80. The van der Waals surface area contributed by atoms with Crippen molar-refractivity contribution in [2.24, 2.45) is 0 Å². The van der Waals surface area contributed by atoms with E-state index in [0.29, 0.717) is 0 Å². The Morgan fingerprint density at radius 1 is 0.688 bits per heavy atom. The summed E-state index contributed by atoms with van der Waals surface area (Å²) in [5.74, 6) is 0. The van der Waals surface area contributed by atoms with Gasteiger partial charge in [-0.1, -0.05) is 138 Å². The van der Waals surface area contributed by atoms with E-state index in [1.807, 2.05) is 11.3 Å². The first-order valence-corrected chi connectivity index (χ1v) is 14.6. The molecule has 0 aliphatic heterocycles. The molecule has 0 saturated carbocycles. The second-order valence-corrected chi connectivity index (χ2v) is 9.72. The zero-order valence-electron chi connectivity index (χ0n) is 21.9. The molecule has 2 heterocycles. The zero-order valence-corrected chi connectivity index (χ0v) is 26.4. The van der Waals surface area contributed by atoms with E-state index in [2.05, 4.69) is 65.3 Å². The third kappa shape index (κ3) is 23.6. The van der Waals surface area contributed by atoms with Gasteiger partial charge in [0, 0.05) is 38.7 Å². The number of fused-ring (bicyclic) bond motifs is 1. The van der Waals surface area contributed by atoms with E-state index in [9.17, 15) is 0 Å². The van der Waals surface area contributed by atoms with E-state index < -0.39 is 0 Å². The molecule has 0 saturated heterocycles. The quantitative estimate of drug-likeness (QED) is 0.163. The Kier molecular flexibility index (Phi) is 36.4. The number of rotatable bonds is 13. The van der Waals surface area contributed by atoms with Crippen LogP contribution in [0, 0.1) is 26.2 Å². The van der Waals surface area contributed by atoms with E-state index in [0.717, 1.165) is 19.3 Å². The van der Waals surface area contributed by atoms with Crippen molar-refractivity contribution in [3.63, 3.8) is 0 Å². The molecule has 0 aliphatic carbocycles. The molecule has 2 aromatic rings. The standard InChI is InChI=1S/C17H25S2.3C4H9.Sn/c1-2-3-4-5-6-7-8-9-10-11-15-14-19-16-12-13-18-17(15)16;3*1-3-4-2;/h12,14H,2-11H2,1H3;3*1,3-4H2,2H3;. The van der Waals surface area contributed by atoms with Crippen molar-refractivity contribution >= 4 is 56.0 Å². The maximum atomic E-state index is 3.60. The summed E-state index contributed by atoms with van der Waals surface area (Å²) < 4.78 is 2.92. The van der Waals surface area contributed by atoms with Crippen molar-refractivity contribution in [1.29, 1.82) is 0 Å². The van der Waals surface area contributed by atoms with E-state index in [1.165, 1.54) is 92.9 Å². The Morgan fingerprint density at radius 2 is 1.12 bits per heavy atom. The Bertz CT molecular complexity index is 529. The molecule has 0 aromatic carbocycles. The average molecular weight is 584 g/mol. The summed E-state index contributed by atoms with van der Waals surface area (Å²) in [6.07, 6.45) is 20.8. The molecule has 184 valence electrons. The van der Waals surface area contributed by atoms with Gasteiger partial charge in [0.2, 0.25) is 0 Å².